The summed E-state index contributed by atoms with van der Waals surface area (Å²) < 4.78 is 6.54. The second kappa shape index (κ2) is 8.52. The summed E-state index contributed by atoms with van der Waals surface area (Å²) in [5, 5.41) is 12.1. The number of nitrogens with zero attached hydrogens (tertiary/aromatic N) is 2. The Kier molecular flexibility index (Phi) is 6.68. The van der Waals surface area contributed by atoms with Gasteiger partial charge >= 0.3 is 0 Å². The van der Waals surface area contributed by atoms with Crippen LogP contribution in [0, 0.1) is 0 Å². The average Bonchev–Trinajstić information content (AvgIpc) is 2.92. The van der Waals surface area contributed by atoms with E-state index in [1.807, 2.05) is 19.1 Å². The molecule has 1 heterocycles. The molecular formula is C15H18ClN3O2S2. The maximum atomic E-state index is 12.3. The van der Waals surface area contributed by atoms with Crippen molar-refractivity contribution in [1.29, 1.82) is 0 Å². The Labute approximate surface area is 148 Å². The van der Waals surface area contributed by atoms with Crippen molar-refractivity contribution >= 4 is 45.7 Å². The van der Waals surface area contributed by atoms with Gasteiger partial charge in [0.05, 0.1) is 5.02 Å². The van der Waals surface area contributed by atoms with Crippen molar-refractivity contribution in [2.75, 3.05) is 5.32 Å². The van der Waals surface area contributed by atoms with E-state index in [1.165, 1.54) is 11.3 Å². The Morgan fingerprint density at radius 1 is 1.39 bits per heavy atom. The molecule has 0 unspecified atom stereocenters. The highest BCUT2D eigenvalue weighted by Crippen LogP contribution is 2.29. The number of aromatic nitrogens is 2. The van der Waals surface area contributed by atoms with Crippen molar-refractivity contribution in [3.63, 3.8) is 0 Å². The molecule has 8 heteroatoms. The van der Waals surface area contributed by atoms with E-state index < -0.39 is 6.10 Å². The molecule has 0 bridgehead atoms. The third-order valence-electron chi connectivity index (χ3n) is 2.74. The van der Waals surface area contributed by atoms with Crippen LogP contribution in [-0.4, -0.2) is 27.5 Å². The minimum absolute atomic E-state index is 0.260. The van der Waals surface area contributed by atoms with Gasteiger partial charge in [0.1, 0.15) is 5.75 Å². The number of thioether (sulfide) groups is 1. The van der Waals surface area contributed by atoms with E-state index >= 15 is 0 Å². The number of nitrogens with one attached hydrogen (secondary N) is 1. The zero-order valence-corrected chi connectivity index (χ0v) is 15.5. The van der Waals surface area contributed by atoms with Crippen molar-refractivity contribution in [1.82, 2.24) is 10.2 Å². The van der Waals surface area contributed by atoms with E-state index in [9.17, 15) is 4.79 Å². The van der Waals surface area contributed by atoms with Crippen molar-refractivity contribution in [3.8, 4) is 5.75 Å². The first-order valence-corrected chi connectivity index (χ1v) is 9.29. The smallest absolute Gasteiger partial charge is 0.267 e. The number of carbonyl (C=O) groups is 1. The third-order valence-corrected chi connectivity index (χ3v) is 4.98. The van der Waals surface area contributed by atoms with Crippen LogP contribution in [0.4, 0.5) is 5.13 Å². The molecule has 1 atom stereocenters. The molecule has 0 aliphatic carbocycles. The highest BCUT2D eigenvalue weighted by atomic mass is 35.5. The Morgan fingerprint density at radius 3 is 2.78 bits per heavy atom. The summed E-state index contributed by atoms with van der Waals surface area (Å²) in [6, 6.07) is 7.08. The van der Waals surface area contributed by atoms with E-state index in [-0.39, 0.29) is 5.91 Å². The van der Waals surface area contributed by atoms with E-state index in [4.69, 9.17) is 16.3 Å². The maximum Gasteiger partial charge on any atom is 0.267 e. The number of ether oxygens (including phenoxy) is 1. The summed E-state index contributed by atoms with van der Waals surface area (Å²) in [5.74, 6) is 0.231. The third kappa shape index (κ3) is 5.37. The fraction of sp³-hybridized carbons (Fsp3) is 0.400. The van der Waals surface area contributed by atoms with E-state index in [1.54, 1.807) is 23.9 Å². The summed E-state index contributed by atoms with van der Waals surface area (Å²) in [6.45, 7) is 6.03. The van der Waals surface area contributed by atoms with Crippen molar-refractivity contribution in [2.24, 2.45) is 0 Å². The van der Waals surface area contributed by atoms with Gasteiger partial charge in [0.25, 0.3) is 5.91 Å². The van der Waals surface area contributed by atoms with E-state index in [0.29, 0.717) is 27.6 Å². The van der Waals surface area contributed by atoms with Gasteiger partial charge in [0.15, 0.2) is 10.4 Å². The molecule has 1 aromatic heterocycles. The predicted octanol–water partition coefficient (Wildman–Crippen LogP) is 4.49. The lowest BCUT2D eigenvalue weighted by molar-refractivity contribution is -0.122. The second-order valence-corrected chi connectivity index (χ2v) is 8.18. The van der Waals surface area contributed by atoms with Crippen LogP contribution in [0.15, 0.2) is 28.6 Å². The standard InChI is InChI=1S/C15H18ClN3O2S2/c1-4-11(21-12-8-6-5-7-10(12)16)13(20)17-14-18-19-15(23-14)22-9(2)3/h5-9,11H,4H2,1-3H3,(H,17,18,20)/t11-/m0/s1. The van der Waals surface area contributed by atoms with Gasteiger partial charge in [0, 0.05) is 5.25 Å². The summed E-state index contributed by atoms with van der Waals surface area (Å²) in [5.41, 5.74) is 0. The highest BCUT2D eigenvalue weighted by Gasteiger charge is 2.21. The molecule has 0 saturated carbocycles. The van der Waals surface area contributed by atoms with Gasteiger partial charge < -0.3 is 4.74 Å². The number of carbonyl (C=O) groups excluding carboxylic acids is 1. The number of halogens is 1. The van der Waals surface area contributed by atoms with Gasteiger partial charge in [-0.05, 0) is 18.6 Å². The summed E-state index contributed by atoms with van der Waals surface area (Å²) in [7, 11) is 0. The molecule has 0 fully saturated rings. The molecule has 0 aliphatic rings. The Bertz CT molecular complexity index is 664. The van der Waals surface area contributed by atoms with Crippen LogP contribution in [-0.2, 0) is 4.79 Å². The summed E-state index contributed by atoms with van der Waals surface area (Å²) >= 11 is 9.03. The zero-order valence-electron chi connectivity index (χ0n) is 13.1. The fourth-order valence-electron chi connectivity index (χ4n) is 1.71. The quantitative estimate of drug-likeness (QED) is 0.574. The minimum Gasteiger partial charge on any atom is -0.479 e. The number of anilines is 1. The van der Waals surface area contributed by atoms with Crippen LogP contribution in [0.5, 0.6) is 5.75 Å². The number of benzene rings is 1. The van der Waals surface area contributed by atoms with Gasteiger partial charge in [-0.25, -0.2) is 0 Å². The van der Waals surface area contributed by atoms with Crippen molar-refractivity contribution < 1.29 is 9.53 Å². The SMILES string of the molecule is CC[C@H](Oc1ccccc1Cl)C(=O)Nc1nnc(SC(C)C)s1. The normalized spacial score (nSPS) is 12.2. The van der Waals surface area contributed by atoms with Gasteiger partial charge in [-0.3, -0.25) is 10.1 Å². The number of hydrogen-bond donors (Lipinski definition) is 1. The molecule has 124 valence electrons. The molecule has 1 aromatic carbocycles. The first-order valence-electron chi connectivity index (χ1n) is 7.21. The van der Waals surface area contributed by atoms with E-state index in [0.717, 1.165) is 4.34 Å². The van der Waals surface area contributed by atoms with E-state index in [2.05, 4.69) is 29.4 Å². The molecule has 0 spiro atoms. The lowest BCUT2D eigenvalue weighted by Gasteiger charge is -2.17. The largest absolute Gasteiger partial charge is 0.479 e. The van der Waals surface area contributed by atoms with Gasteiger partial charge in [-0.2, -0.15) is 0 Å². The lowest BCUT2D eigenvalue weighted by atomic mass is 10.2. The molecule has 0 saturated heterocycles. The minimum atomic E-state index is -0.639. The molecule has 5 nitrogen and oxygen atoms in total. The molecule has 1 amide bonds. The first-order chi connectivity index (χ1) is 11.0. The topological polar surface area (TPSA) is 64.1 Å². The Balaban J connectivity index is 2.00. The van der Waals surface area contributed by atoms with Crippen molar-refractivity contribution in [2.45, 2.75) is 42.9 Å². The molecule has 0 aliphatic heterocycles. The van der Waals surface area contributed by atoms with Gasteiger partial charge in [-0.15, -0.1) is 10.2 Å². The monoisotopic (exact) mass is 371 g/mol. The maximum absolute atomic E-state index is 12.3. The molecule has 2 rings (SSSR count). The molecular weight excluding hydrogens is 354 g/mol. The Hall–Kier alpha value is -1.31. The van der Waals surface area contributed by atoms with Crippen LogP contribution in [0.2, 0.25) is 5.02 Å². The van der Waals surface area contributed by atoms with Crippen LogP contribution in [0.3, 0.4) is 0 Å². The molecule has 2 aromatic rings. The average molecular weight is 372 g/mol. The Morgan fingerprint density at radius 2 is 2.13 bits per heavy atom. The number of para-hydroxylation sites is 1. The molecule has 0 radical (unpaired) electrons. The van der Waals surface area contributed by atoms with Crippen LogP contribution in [0.1, 0.15) is 27.2 Å². The summed E-state index contributed by atoms with van der Waals surface area (Å²) in [4.78, 5) is 12.3. The van der Waals surface area contributed by atoms with Crippen LogP contribution < -0.4 is 10.1 Å². The van der Waals surface area contributed by atoms with Gasteiger partial charge in [-0.1, -0.05) is 67.6 Å². The number of amides is 1. The number of rotatable bonds is 7. The van der Waals surface area contributed by atoms with Crippen LogP contribution in [0.25, 0.3) is 0 Å². The van der Waals surface area contributed by atoms with Crippen molar-refractivity contribution in [3.05, 3.63) is 29.3 Å². The number of hydrogen-bond acceptors (Lipinski definition) is 6. The molecule has 23 heavy (non-hydrogen) atoms. The van der Waals surface area contributed by atoms with Gasteiger partial charge in [0.2, 0.25) is 5.13 Å². The highest BCUT2D eigenvalue weighted by molar-refractivity contribution is 8.01. The lowest BCUT2D eigenvalue weighted by Crippen LogP contribution is -2.32. The first kappa shape index (κ1) is 18.0. The summed E-state index contributed by atoms with van der Waals surface area (Å²) in [6.07, 6.45) is -0.122. The predicted molar refractivity (Wildman–Crippen MR) is 95.7 cm³/mol. The zero-order chi connectivity index (χ0) is 16.8. The molecule has 1 N–H and O–H groups in total. The second-order valence-electron chi connectivity index (χ2n) is 4.97. The van der Waals surface area contributed by atoms with Crippen LogP contribution >= 0.6 is 34.7 Å². The fourth-order valence-corrected chi connectivity index (χ4v) is 3.87.